The van der Waals surface area contributed by atoms with E-state index in [0.29, 0.717) is 5.56 Å². The Morgan fingerprint density at radius 1 is 0.576 bits per heavy atom. The molecule has 0 spiro atoms. The lowest BCUT2D eigenvalue weighted by Crippen LogP contribution is -2.64. The van der Waals surface area contributed by atoms with Crippen LogP contribution in [0.1, 0.15) is 47.0 Å². The van der Waals surface area contributed by atoms with Crippen molar-refractivity contribution in [1.29, 1.82) is 0 Å². The van der Waals surface area contributed by atoms with Gasteiger partial charge in [-0.05, 0) is 72.3 Å². The normalized spacial score (nSPS) is 18.5. The summed E-state index contributed by atoms with van der Waals surface area (Å²) in [5.41, 5.74) is 0.919. The second-order valence-electron chi connectivity index (χ2n) is 12.8. The Balaban J connectivity index is 1.48. The molecule has 0 bridgehead atoms. The summed E-state index contributed by atoms with van der Waals surface area (Å²) < 4.78 is 48.1. The highest BCUT2D eigenvalue weighted by atomic mass is 16.7. The minimum absolute atomic E-state index is 0.0358. The maximum atomic E-state index is 13.9. The van der Waals surface area contributed by atoms with Crippen LogP contribution in [-0.2, 0) is 28.5 Å². The van der Waals surface area contributed by atoms with Gasteiger partial charge in [0.1, 0.15) is 12.7 Å². The van der Waals surface area contributed by atoms with Gasteiger partial charge < -0.3 is 43.0 Å². The Morgan fingerprint density at radius 2 is 0.983 bits per heavy atom. The van der Waals surface area contributed by atoms with Crippen LogP contribution in [-0.4, -0.2) is 86.5 Å². The number of carboxylic acids is 1. The standard InChI is InChI=1S/C45H38O14/c1-52-33-25-28(23-24-36(46)47)26-34(53-2)37(33)59-45-40(58-44(51)32-21-13-6-14-22-32)39(57-43(50)31-19-11-5-12-20-31)38(56-42(49)30-17-9-4-10-18-30)35(55-45)27-54-41(48)29-15-7-3-8-16-29/h3-26,35,38-40,45H,27H2,1-2H3,(H,46,47)/b24-23+/t35-,38-,39+,40+,45-/m1/s1. The Hall–Kier alpha value is -7.45. The molecule has 14 heteroatoms. The first-order valence-corrected chi connectivity index (χ1v) is 18.1. The van der Waals surface area contributed by atoms with Gasteiger partial charge in [-0.25, -0.2) is 24.0 Å². The van der Waals surface area contributed by atoms with E-state index in [-0.39, 0.29) is 39.5 Å². The molecular formula is C45H38O14. The lowest BCUT2D eigenvalue weighted by molar-refractivity contribution is -0.275. The van der Waals surface area contributed by atoms with Crippen LogP contribution in [0.15, 0.2) is 140 Å². The van der Waals surface area contributed by atoms with Crippen LogP contribution in [0.25, 0.3) is 6.08 Å². The van der Waals surface area contributed by atoms with E-state index in [0.717, 1.165) is 6.08 Å². The van der Waals surface area contributed by atoms with E-state index in [9.17, 15) is 29.1 Å². The Kier molecular flexibility index (Phi) is 13.7. The summed E-state index contributed by atoms with van der Waals surface area (Å²) in [6.45, 7) is -0.577. The molecule has 0 aromatic heterocycles. The maximum absolute atomic E-state index is 13.9. The van der Waals surface area contributed by atoms with Crippen molar-refractivity contribution in [3.05, 3.63) is 167 Å². The van der Waals surface area contributed by atoms with Gasteiger partial charge in [-0.15, -0.1) is 0 Å². The van der Waals surface area contributed by atoms with Crippen LogP contribution >= 0.6 is 0 Å². The van der Waals surface area contributed by atoms with E-state index < -0.39 is 67.2 Å². The zero-order chi connectivity index (χ0) is 41.7. The smallest absolute Gasteiger partial charge is 0.338 e. The highest BCUT2D eigenvalue weighted by Crippen LogP contribution is 2.42. The van der Waals surface area contributed by atoms with Crippen molar-refractivity contribution >= 4 is 35.9 Å². The Bertz CT molecular complexity index is 2240. The van der Waals surface area contributed by atoms with Crippen LogP contribution in [0.4, 0.5) is 0 Å². The molecule has 0 amide bonds. The first-order chi connectivity index (χ1) is 28.6. The predicted octanol–water partition coefficient (Wildman–Crippen LogP) is 6.44. The van der Waals surface area contributed by atoms with Gasteiger partial charge in [0.05, 0.1) is 36.5 Å². The minimum Gasteiger partial charge on any atom is -0.493 e. The second-order valence-corrected chi connectivity index (χ2v) is 12.8. The van der Waals surface area contributed by atoms with E-state index >= 15 is 0 Å². The van der Waals surface area contributed by atoms with Crippen LogP contribution in [0.2, 0.25) is 0 Å². The molecular weight excluding hydrogens is 764 g/mol. The average molecular weight is 803 g/mol. The number of benzene rings is 5. The van der Waals surface area contributed by atoms with Gasteiger partial charge >= 0.3 is 29.8 Å². The first kappa shape index (κ1) is 41.2. The highest BCUT2D eigenvalue weighted by Gasteiger charge is 2.54. The molecule has 1 saturated heterocycles. The monoisotopic (exact) mass is 802 g/mol. The zero-order valence-corrected chi connectivity index (χ0v) is 31.7. The van der Waals surface area contributed by atoms with Crippen molar-refractivity contribution in [2.45, 2.75) is 30.7 Å². The molecule has 0 unspecified atom stereocenters. The van der Waals surface area contributed by atoms with Crippen molar-refractivity contribution < 1.29 is 67.0 Å². The van der Waals surface area contributed by atoms with Crippen molar-refractivity contribution in [3.8, 4) is 17.2 Å². The van der Waals surface area contributed by atoms with Gasteiger partial charge in [0.2, 0.25) is 18.1 Å². The van der Waals surface area contributed by atoms with E-state index in [1.807, 2.05) is 0 Å². The summed E-state index contributed by atoms with van der Waals surface area (Å²) in [7, 11) is 2.66. The molecule has 59 heavy (non-hydrogen) atoms. The zero-order valence-electron chi connectivity index (χ0n) is 31.7. The predicted molar refractivity (Wildman–Crippen MR) is 209 cm³/mol. The summed E-state index contributed by atoms with van der Waals surface area (Å²) >= 11 is 0. The Morgan fingerprint density at radius 3 is 1.41 bits per heavy atom. The molecule has 1 aliphatic heterocycles. The molecule has 1 heterocycles. The van der Waals surface area contributed by atoms with Crippen molar-refractivity contribution in [3.63, 3.8) is 0 Å². The summed E-state index contributed by atoms with van der Waals surface area (Å²) in [5.74, 6) is -4.60. The van der Waals surface area contributed by atoms with E-state index in [1.165, 1.54) is 68.8 Å². The molecule has 0 saturated carbocycles. The number of hydrogen-bond donors (Lipinski definition) is 1. The number of carbonyl (C=O) groups is 5. The molecule has 302 valence electrons. The largest absolute Gasteiger partial charge is 0.493 e. The molecule has 0 aliphatic carbocycles. The minimum atomic E-state index is -1.72. The number of methoxy groups -OCH3 is 2. The Labute approximate surface area is 338 Å². The quantitative estimate of drug-likeness (QED) is 0.0694. The van der Waals surface area contributed by atoms with Crippen molar-refractivity contribution in [1.82, 2.24) is 0 Å². The fraction of sp³-hybridized carbons (Fsp3) is 0.178. The number of hydrogen-bond acceptors (Lipinski definition) is 13. The van der Waals surface area contributed by atoms with Gasteiger partial charge in [-0.3, -0.25) is 0 Å². The fourth-order valence-electron chi connectivity index (χ4n) is 6.02. The molecule has 5 atom stereocenters. The number of ether oxygens (including phenoxy) is 8. The van der Waals surface area contributed by atoms with Crippen molar-refractivity contribution in [2.24, 2.45) is 0 Å². The summed E-state index contributed by atoms with van der Waals surface area (Å²) in [4.78, 5) is 66.2. The summed E-state index contributed by atoms with van der Waals surface area (Å²) in [6, 6.07) is 34.9. The third-order valence-corrected chi connectivity index (χ3v) is 8.87. The lowest BCUT2D eigenvalue weighted by atomic mass is 9.97. The number of esters is 4. The van der Waals surface area contributed by atoms with Gasteiger partial charge in [0, 0.05) is 6.08 Å². The van der Waals surface area contributed by atoms with Crippen molar-refractivity contribution in [2.75, 3.05) is 20.8 Å². The third kappa shape index (κ3) is 10.5. The molecule has 5 aromatic rings. The van der Waals surface area contributed by atoms with E-state index in [2.05, 4.69) is 0 Å². The lowest BCUT2D eigenvalue weighted by Gasteiger charge is -2.44. The molecule has 14 nitrogen and oxygen atoms in total. The summed E-state index contributed by atoms with van der Waals surface area (Å²) in [6.07, 6.45) is -5.91. The maximum Gasteiger partial charge on any atom is 0.338 e. The van der Waals surface area contributed by atoms with Gasteiger partial charge in [-0.2, -0.15) is 0 Å². The number of aliphatic carboxylic acids is 1. The fourth-order valence-corrected chi connectivity index (χ4v) is 6.02. The molecule has 5 aromatic carbocycles. The van der Waals surface area contributed by atoms with Crippen LogP contribution in [0, 0.1) is 0 Å². The van der Waals surface area contributed by atoms with Crippen LogP contribution in [0.5, 0.6) is 17.2 Å². The van der Waals surface area contributed by atoms with Gasteiger partial charge in [0.25, 0.3) is 0 Å². The molecule has 1 fully saturated rings. The summed E-state index contributed by atoms with van der Waals surface area (Å²) in [5, 5.41) is 9.22. The molecule has 1 N–H and O–H groups in total. The van der Waals surface area contributed by atoms with Crippen LogP contribution in [0.3, 0.4) is 0 Å². The molecule has 1 aliphatic rings. The number of rotatable bonds is 15. The molecule has 6 rings (SSSR count). The number of carboxylic acid groups (broad SMARTS) is 1. The average Bonchev–Trinajstić information content (AvgIpc) is 3.27. The van der Waals surface area contributed by atoms with Gasteiger partial charge in [-0.1, -0.05) is 72.8 Å². The highest BCUT2D eigenvalue weighted by molar-refractivity contribution is 5.92. The van der Waals surface area contributed by atoms with E-state index in [1.54, 1.807) is 84.9 Å². The molecule has 0 radical (unpaired) electrons. The van der Waals surface area contributed by atoms with E-state index in [4.69, 9.17) is 37.9 Å². The topological polar surface area (TPSA) is 179 Å². The first-order valence-electron chi connectivity index (χ1n) is 18.1. The number of carbonyl (C=O) groups excluding carboxylic acids is 4. The van der Waals surface area contributed by atoms with Crippen LogP contribution < -0.4 is 14.2 Å². The second kappa shape index (κ2) is 19.6. The SMILES string of the molecule is COc1cc(/C=C/C(=O)O)cc(OC)c1O[C@H]1O[C@H](COC(=O)c2ccccc2)[C@@H](OC(=O)c2ccccc2)[C@H](OC(=O)c2ccccc2)[C@@H]1OC(=O)c1ccccc1. The van der Waals surface area contributed by atoms with Gasteiger partial charge in [0.15, 0.2) is 23.7 Å². The third-order valence-electron chi connectivity index (χ3n) is 8.87.